The van der Waals surface area contributed by atoms with E-state index in [1.807, 2.05) is 60.7 Å². The summed E-state index contributed by atoms with van der Waals surface area (Å²) in [4.78, 5) is 49.8. The molecule has 4 aromatic carbocycles. The van der Waals surface area contributed by atoms with Crippen molar-refractivity contribution in [3.63, 3.8) is 0 Å². The highest BCUT2D eigenvalue weighted by molar-refractivity contribution is 5.91. The van der Waals surface area contributed by atoms with Crippen molar-refractivity contribution in [1.29, 1.82) is 0 Å². The molecule has 0 aliphatic heterocycles. The molecule has 5 atom stereocenters. The number of esters is 4. The Hall–Kier alpha value is -5.24. The Bertz CT molecular complexity index is 2690. The van der Waals surface area contributed by atoms with Crippen LogP contribution in [0, 0.1) is 11.8 Å². The third kappa shape index (κ3) is 19.1. The molecule has 4 saturated carbocycles. The Balaban J connectivity index is 0.000000178. The Morgan fingerprint density at radius 2 is 0.880 bits per heavy atom. The molecule has 0 aromatic heterocycles. The SMILES string of the molecule is CC1Cc2cc(C(=O)OC(C)(C)C3CCCCC3)ccc2C1C.CCC(C)c1cccc(C(=O)OC2(C)CCCC2)c1.CCC(C)c1cccc(C(=O)OC2(C)CCCCC2)c1.CCC(C)c1cccc(C(=O)OC2(CC)CCCCC2)c1. The van der Waals surface area contributed by atoms with Crippen molar-refractivity contribution in [3.05, 3.63) is 141 Å². The van der Waals surface area contributed by atoms with E-state index in [0.717, 1.165) is 96.3 Å². The maximum absolute atomic E-state index is 12.6. The van der Waals surface area contributed by atoms with Gasteiger partial charge in [-0.25, -0.2) is 19.2 Å². The first-order chi connectivity index (χ1) is 39.6. The number of ether oxygens (including phenoxy) is 4. The number of benzene rings is 4. The lowest BCUT2D eigenvalue weighted by atomic mass is 9.79. The predicted octanol–water partition coefficient (Wildman–Crippen LogP) is 20.7. The molecule has 9 rings (SSSR count). The van der Waals surface area contributed by atoms with E-state index >= 15 is 0 Å². The van der Waals surface area contributed by atoms with Crippen molar-refractivity contribution in [3.8, 4) is 0 Å². The van der Waals surface area contributed by atoms with Crippen LogP contribution in [0.15, 0.2) is 91.0 Å². The van der Waals surface area contributed by atoms with Gasteiger partial charge in [-0.1, -0.05) is 137 Å². The molecule has 4 aromatic rings. The van der Waals surface area contributed by atoms with Crippen molar-refractivity contribution < 1.29 is 38.1 Å². The van der Waals surface area contributed by atoms with Gasteiger partial charge < -0.3 is 18.9 Å². The zero-order valence-corrected chi connectivity index (χ0v) is 53.9. The lowest BCUT2D eigenvalue weighted by Crippen LogP contribution is -2.37. The quantitative estimate of drug-likeness (QED) is 0.0807. The van der Waals surface area contributed by atoms with Crippen LogP contribution in [0.3, 0.4) is 0 Å². The number of fused-ring (bicyclic) bond motifs is 1. The Kier molecular flexibility index (Phi) is 25.2. The van der Waals surface area contributed by atoms with Crippen molar-refractivity contribution in [2.45, 2.75) is 290 Å². The van der Waals surface area contributed by atoms with Gasteiger partial charge in [-0.05, 0) is 262 Å². The first kappa shape index (κ1) is 66.9. The smallest absolute Gasteiger partial charge is 0.338 e. The average Bonchev–Trinajstić information content (AvgIpc) is 4.26. The monoisotopic (exact) mass is 1140 g/mol. The second-order valence-electron chi connectivity index (χ2n) is 26.9. The maximum atomic E-state index is 12.6. The minimum atomic E-state index is -0.364. The van der Waals surface area contributed by atoms with E-state index in [2.05, 4.69) is 120 Å². The molecule has 83 heavy (non-hydrogen) atoms. The Labute approximate surface area is 502 Å². The van der Waals surface area contributed by atoms with E-state index in [1.165, 1.54) is 85.6 Å². The average molecular weight is 1140 g/mol. The Morgan fingerprint density at radius 3 is 1.30 bits per heavy atom. The third-order valence-corrected chi connectivity index (χ3v) is 20.1. The topological polar surface area (TPSA) is 105 Å². The lowest BCUT2D eigenvalue weighted by Gasteiger charge is -2.36. The van der Waals surface area contributed by atoms with Crippen molar-refractivity contribution >= 4 is 23.9 Å². The summed E-state index contributed by atoms with van der Waals surface area (Å²) in [7, 11) is 0. The van der Waals surface area contributed by atoms with Crippen LogP contribution in [0.1, 0.15) is 331 Å². The summed E-state index contributed by atoms with van der Waals surface area (Å²) in [6.07, 6.45) is 27.0. The highest BCUT2D eigenvalue weighted by Gasteiger charge is 2.37. The van der Waals surface area contributed by atoms with Crippen LogP contribution < -0.4 is 0 Å². The van der Waals surface area contributed by atoms with E-state index in [4.69, 9.17) is 18.9 Å². The molecule has 0 amide bonds. The highest BCUT2D eigenvalue weighted by Crippen LogP contribution is 2.40. The molecule has 0 radical (unpaired) electrons. The minimum absolute atomic E-state index is 0.149. The molecule has 456 valence electrons. The molecule has 0 bridgehead atoms. The molecule has 4 fully saturated rings. The zero-order valence-electron chi connectivity index (χ0n) is 53.9. The normalized spacial score (nSPS) is 20.8. The second kappa shape index (κ2) is 31.2. The fourth-order valence-corrected chi connectivity index (χ4v) is 13.2. The summed E-state index contributed by atoms with van der Waals surface area (Å²) in [5.41, 5.74) is 8.09. The van der Waals surface area contributed by atoms with Crippen LogP contribution in [-0.4, -0.2) is 46.3 Å². The molecular formula is C75H108O8. The molecule has 5 aliphatic rings. The predicted molar refractivity (Wildman–Crippen MR) is 340 cm³/mol. The molecule has 0 saturated heterocycles. The fourth-order valence-electron chi connectivity index (χ4n) is 13.2. The van der Waals surface area contributed by atoms with Gasteiger partial charge in [-0.2, -0.15) is 0 Å². The van der Waals surface area contributed by atoms with Crippen LogP contribution in [0.25, 0.3) is 0 Å². The van der Waals surface area contributed by atoms with Gasteiger partial charge in [0.25, 0.3) is 0 Å². The lowest BCUT2D eigenvalue weighted by molar-refractivity contribution is -0.0402. The minimum Gasteiger partial charge on any atom is -0.456 e. The van der Waals surface area contributed by atoms with Crippen molar-refractivity contribution in [1.82, 2.24) is 0 Å². The van der Waals surface area contributed by atoms with E-state index < -0.39 is 0 Å². The molecule has 5 unspecified atom stereocenters. The van der Waals surface area contributed by atoms with Gasteiger partial charge in [0, 0.05) is 0 Å². The molecule has 8 nitrogen and oxygen atoms in total. The zero-order chi connectivity index (χ0) is 60.4. The van der Waals surface area contributed by atoms with Crippen molar-refractivity contribution in [2.24, 2.45) is 11.8 Å². The largest absolute Gasteiger partial charge is 0.456 e. The summed E-state index contributed by atoms with van der Waals surface area (Å²) >= 11 is 0. The van der Waals surface area contributed by atoms with E-state index in [1.54, 1.807) is 0 Å². The summed E-state index contributed by atoms with van der Waals surface area (Å²) in [5, 5.41) is 0. The van der Waals surface area contributed by atoms with Gasteiger partial charge in [0.1, 0.15) is 22.4 Å². The second-order valence-corrected chi connectivity index (χ2v) is 26.9. The highest BCUT2D eigenvalue weighted by atomic mass is 16.6. The van der Waals surface area contributed by atoms with E-state index in [9.17, 15) is 19.2 Å². The third-order valence-electron chi connectivity index (χ3n) is 20.1. The van der Waals surface area contributed by atoms with Gasteiger partial charge in [-0.3, -0.25) is 0 Å². The van der Waals surface area contributed by atoms with Gasteiger partial charge in [0.15, 0.2) is 0 Å². The molecule has 0 N–H and O–H groups in total. The molecular weight excluding hydrogens is 1030 g/mol. The van der Waals surface area contributed by atoms with E-state index in [0.29, 0.717) is 57.8 Å². The molecule has 0 spiro atoms. The summed E-state index contributed by atoms with van der Waals surface area (Å²) in [6.45, 7) is 28.0. The fraction of sp³-hybridized carbons (Fsp3) is 0.627. The van der Waals surface area contributed by atoms with Crippen molar-refractivity contribution in [2.75, 3.05) is 0 Å². The van der Waals surface area contributed by atoms with Gasteiger partial charge in [0.05, 0.1) is 22.3 Å². The molecule has 5 aliphatic carbocycles. The molecule has 8 heteroatoms. The van der Waals surface area contributed by atoms with Crippen LogP contribution in [0.2, 0.25) is 0 Å². The van der Waals surface area contributed by atoms with Gasteiger partial charge in [-0.15, -0.1) is 0 Å². The number of rotatable bonds is 16. The van der Waals surface area contributed by atoms with E-state index in [-0.39, 0.29) is 46.3 Å². The first-order valence-corrected chi connectivity index (χ1v) is 32.9. The molecule has 0 heterocycles. The Morgan fingerprint density at radius 1 is 0.494 bits per heavy atom. The van der Waals surface area contributed by atoms with Crippen LogP contribution >= 0.6 is 0 Å². The van der Waals surface area contributed by atoms with Gasteiger partial charge >= 0.3 is 23.9 Å². The number of carbonyl (C=O) groups excluding carboxylic acids is 4. The first-order valence-electron chi connectivity index (χ1n) is 32.9. The number of hydrogen-bond acceptors (Lipinski definition) is 8. The van der Waals surface area contributed by atoms with Crippen LogP contribution in [0.5, 0.6) is 0 Å². The van der Waals surface area contributed by atoms with Gasteiger partial charge in [0.2, 0.25) is 0 Å². The summed E-state index contributed by atoms with van der Waals surface area (Å²) in [6, 6.07) is 29.9. The maximum Gasteiger partial charge on any atom is 0.338 e. The summed E-state index contributed by atoms with van der Waals surface area (Å²) < 4.78 is 23.4. The number of carbonyl (C=O) groups is 4. The standard InChI is InChI=1S/C21H30O2.C19H28O2.C18H26O2.C17H24O2/c1-14-12-17-13-16(10-11-19(17)15(14)2)20(22)23-21(3,4)18-8-6-5-7-9-18;1-4-15(3)16-10-9-11-17(14-16)18(20)21-19(5-2)12-7-6-8-13-19;1-4-14(2)15-9-8-10-16(13-15)17(19)20-18(3)11-6-5-7-12-18;1-4-13(2)14-8-7-9-15(12-14)16(18)19-17(3)10-5-6-11-17/h10-11,13-15,18H,5-9,12H2,1-4H3;9-11,14-15H,4-8,12-13H2,1-3H3;8-10,13-14H,4-7,11-12H2,1-3H3;7-9,12-13H,4-6,10-11H2,1-3H3. The summed E-state index contributed by atoms with van der Waals surface area (Å²) in [5.74, 6) is 2.54. The van der Waals surface area contributed by atoms with Crippen LogP contribution in [0.4, 0.5) is 0 Å². The number of hydrogen-bond donors (Lipinski definition) is 0. The van der Waals surface area contributed by atoms with Crippen LogP contribution in [-0.2, 0) is 25.4 Å².